The van der Waals surface area contributed by atoms with Crippen LogP contribution in [0, 0.1) is 5.92 Å². The quantitative estimate of drug-likeness (QED) is 0.872. The molecule has 1 fully saturated rings. The Morgan fingerprint density at radius 2 is 2.11 bits per heavy atom. The van der Waals surface area contributed by atoms with Crippen molar-refractivity contribution in [2.45, 2.75) is 58.1 Å². The highest BCUT2D eigenvalue weighted by Crippen LogP contribution is 2.37. The zero-order chi connectivity index (χ0) is 13.0. The van der Waals surface area contributed by atoms with E-state index in [1.165, 1.54) is 6.42 Å². The molecule has 2 rings (SSSR count). The number of ether oxygens (including phenoxy) is 1. The zero-order valence-corrected chi connectivity index (χ0v) is 11.3. The molecule has 0 spiro atoms. The van der Waals surface area contributed by atoms with Gasteiger partial charge in [0.25, 0.3) is 5.89 Å². The summed E-state index contributed by atoms with van der Waals surface area (Å²) in [6, 6.07) is 0. The van der Waals surface area contributed by atoms with E-state index in [0.717, 1.165) is 31.6 Å². The van der Waals surface area contributed by atoms with Crippen LogP contribution in [-0.2, 0) is 16.9 Å². The molecule has 1 saturated carbocycles. The van der Waals surface area contributed by atoms with Crippen molar-refractivity contribution in [3.8, 4) is 0 Å². The molecule has 1 aliphatic rings. The summed E-state index contributed by atoms with van der Waals surface area (Å²) in [4.78, 5) is 4.37. The van der Waals surface area contributed by atoms with Gasteiger partial charge in [-0.1, -0.05) is 18.5 Å². The van der Waals surface area contributed by atoms with Gasteiger partial charge in [-0.2, -0.15) is 4.98 Å². The minimum atomic E-state index is -0.403. The first-order valence-electron chi connectivity index (χ1n) is 6.87. The van der Waals surface area contributed by atoms with Crippen LogP contribution in [0.15, 0.2) is 4.52 Å². The summed E-state index contributed by atoms with van der Waals surface area (Å²) in [6.45, 7) is 5.19. The molecule has 1 aromatic heterocycles. The second-order valence-electron chi connectivity index (χ2n) is 5.16. The highest BCUT2D eigenvalue weighted by atomic mass is 16.5. The van der Waals surface area contributed by atoms with E-state index in [1.807, 2.05) is 6.92 Å². The molecular weight excluding hydrogens is 230 g/mol. The van der Waals surface area contributed by atoms with Crippen LogP contribution < -0.4 is 5.73 Å². The fraction of sp³-hybridized carbons (Fsp3) is 0.846. The maximum atomic E-state index is 6.41. The predicted octanol–water partition coefficient (Wildman–Crippen LogP) is 2.36. The number of aromatic nitrogens is 2. The molecule has 5 heteroatoms. The van der Waals surface area contributed by atoms with Crippen molar-refractivity contribution in [3.05, 3.63) is 11.7 Å². The minimum Gasteiger partial charge on any atom is -0.372 e. The lowest BCUT2D eigenvalue weighted by molar-refractivity contribution is 0.109. The summed E-state index contributed by atoms with van der Waals surface area (Å²) in [5.74, 6) is 1.97. The van der Waals surface area contributed by atoms with Gasteiger partial charge in [0.2, 0.25) is 0 Å². The van der Waals surface area contributed by atoms with Crippen LogP contribution in [-0.4, -0.2) is 16.7 Å². The molecule has 1 heterocycles. The molecule has 0 aromatic carbocycles. The van der Waals surface area contributed by atoms with E-state index in [2.05, 4.69) is 17.1 Å². The van der Waals surface area contributed by atoms with E-state index in [1.54, 1.807) is 0 Å². The summed E-state index contributed by atoms with van der Waals surface area (Å²) in [5, 5.41) is 4.02. The smallest absolute Gasteiger partial charge is 0.252 e. The van der Waals surface area contributed by atoms with E-state index in [-0.39, 0.29) is 0 Å². The zero-order valence-electron chi connectivity index (χ0n) is 11.3. The molecule has 102 valence electrons. The number of nitrogens with zero attached hydrogens (tertiary/aromatic N) is 2. The van der Waals surface area contributed by atoms with Crippen LogP contribution in [0.4, 0.5) is 0 Å². The lowest BCUT2D eigenvalue weighted by Crippen LogP contribution is -2.41. The molecule has 2 N–H and O–H groups in total. The number of hydrogen-bond acceptors (Lipinski definition) is 5. The van der Waals surface area contributed by atoms with Crippen molar-refractivity contribution in [1.29, 1.82) is 0 Å². The molecule has 0 bridgehead atoms. The fourth-order valence-electron chi connectivity index (χ4n) is 2.53. The molecular formula is C13H23N3O2. The van der Waals surface area contributed by atoms with Crippen LogP contribution >= 0.6 is 0 Å². The van der Waals surface area contributed by atoms with E-state index in [0.29, 0.717) is 24.9 Å². The average Bonchev–Trinajstić information content (AvgIpc) is 2.87. The van der Waals surface area contributed by atoms with Crippen molar-refractivity contribution in [1.82, 2.24) is 10.1 Å². The molecule has 0 saturated heterocycles. The topological polar surface area (TPSA) is 74.2 Å². The normalized spacial score (nSPS) is 28.5. The summed E-state index contributed by atoms with van der Waals surface area (Å²) < 4.78 is 10.4. The second kappa shape index (κ2) is 5.80. The van der Waals surface area contributed by atoms with Crippen molar-refractivity contribution >= 4 is 0 Å². The van der Waals surface area contributed by atoms with Crippen LogP contribution in [0.2, 0.25) is 0 Å². The highest BCUT2D eigenvalue weighted by molar-refractivity contribution is 5.05. The van der Waals surface area contributed by atoms with Crippen LogP contribution in [0.3, 0.4) is 0 Å². The number of hydrogen-bond donors (Lipinski definition) is 1. The third-order valence-corrected chi connectivity index (χ3v) is 3.92. The summed E-state index contributed by atoms with van der Waals surface area (Å²) in [7, 11) is 0. The Balaban J connectivity index is 1.99. The van der Waals surface area contributed by atoms with Crippen molar-refractivity contribution in [2.24, 2.45) is 11.7 Å². The van der Waals surface area contributed by atoms with E-state index >= 15 is 0 Å². The largest absolute Gasteiger partial charge is 0.372 e. The predicted molar refractivity (Wildman–Crippen MR) is 67.7 cm³/mol. The van der Waals surface area contributed by atoms with Crippen molar-refractivity contribution < 1.29 is 9.26 Å². The first-order valence-corrected chi connectivity index (χ1v) is 6.87. The first kappa shape index (κ1) is 13.5. The standard InChI is InChI=1S/C13H23N3O2/c1-3-10-5-7-13(14,8-6-10)12-15-11(18-16-12)9-17-4-2/h10H,3-9,14H2,1-2H3. The lowest BCUT2D eigenvalue weighted by atomic mass is 9.76. The highest BCUT2D eigenvalue weighted by Gasteiger charge is 2.36. The Kier molecular flexibility index (Phi) is 4.35. The molecule has 5 nitrogen and oxygen atoms in total. The van der Waals surface area contributed by atoms with Gasteiger partial charge in [0.15, 0.2) is 5.82 Å². The number of nitrogens with two attached hydrogens (primary N) is 1. The average molecular weight is 253 g/mol. The molecule has 0 amide bonds. The Morgan fingerprint density at radius 3 is 2.72 bits per heavy atom. The Hall–Kier alpha value is -0.940. The third kappa shape index (κ3) is 2.90. The van der Waals surface area contributed by atoms with Crippen molar-refractivity contribution in [3.63, 3.8) is 0 Å². The van der Waals surface area contributed by atoms with Gasteiger partial charge < -0.3 is 15.0 Å². The summed E-state index contributed by atoms with van der Waals surface area (Å²) in [5.41, 5.74) is 6.01. The maximum absolute atomic E-state index is 6.41. The maximum Gasteiger partial charge on any atom is 0.252 e. The van der Waals surface area contributed by atoms with Crippen LogP contribution in [0.25, 0.3) is 0 Å². The lowest BCUT2D eigenvalue weighted by Gasteiger charge is -2.34. The Labute approximate surface area is 108 Å². The second-order valence-corrected chi connectivity index (χ2v) is 5.16. The van der Waals surface area contributed by atoms with E-state index in [4.69, 9.17) is 15.0 Å². The molecule has 18 heavy (non-hydrogen) atoms. The van der Waals surface area contributed by atoms with E-state index < -0.39 is 5.54 Å². The monoisotopic (exact) mass is 253 g/mol. The van der Waals surface area contributed by atoms with Gasteiger partial charge in [-0.15, -0.1) is 0 Å². The van der Waals surface area contributed by atoms with Crippen molar-refractivity contribution in [2.75, 3.05) is 6.61 Å². The molecule has 0 atom stereocenters. The Bertz CT molecular complexity index is 370. The molecule has 1 aromatic rings. The van der Waals surface area contributed by atoms with Gasteiger partial charge in [0.05, 0.1) is 5.54 Å². The first-order chi connectivity index (χ1) is 8.68. The fourth-order valence-corrected chi connectivity index (χ4v) is 2.53. The molecule has 0 aliphatic heterocycles. The minimum absolute atomic E-state index is 0.372. The summed E-state index contributed by atoms with van der Waals surface area (Å²) >= 11 is 0. The van der Waals surface area contributed by atoms with Gasteiger partial charge in [0, 0.05) is 6.61 Å². The summed E-state index contributed by atoms with van der Waals surface area (Å²) in [6.07, 6.45) is 5.43. The van der Waals surface area contributed by atoms with Crippen LogP contribution in [0.5, 0.6) is 0 Å². The van der Waals surface area contributed by atoms with Gasteiger partial charge in [-0.25, -0.2) is 0 Å². The molecule has 0 unspecified atom stereocenters. The van der Waals surface area contributed by atoms with Gasteiger partial charge >= 0.3 is 0 Å². The third-order valence-electron chi connectivity index (χ3n) is 3.92. The molecule has 1 aliphatic carbocycles. The van der Waals surface area contributed by atoms with Crippen LogP contribution in [0.1, 0.15) is 57.7 Å². The number of rotatable bonds is 5. The van der Waals surface area contributed by atoms with Gasteiger partial charge in [-0.05, 0) is 38.5 Å². The SMILES string of the molecule is CCOCc1nc(C2(N)CCC(CC)CC2)no1. The Morgan fingerprint density at radius 1 is 1.39 bits per heavy atom. The van der Waals surface area contributed by atoms with E-state index in [9.17, 15) is 0 Å². The molecule has 0 radical (unpaired) electrons. The van der Waals surface area contributed by atoms with Gasteiger partial charge in [-0.3, -0.25) is 0 Å². The van der Waals surface area contributed by atoms with Gasteiger partial charge in [0.1, 0.15) is 6.61 Å².